The molecule has 3 aromatic carbocycles. The number of carbonyl (C=O) groups is 1. The number of rotatable bonds is 6. The predicted octanol–water partition coefficient (Wildman–Crippen LogP) is 3.51. The van der Waals surface area contributed by atoms with Crippen molar-refractivity contribution in [2.45, 2.75) is 25.6 Å². The van der Waals surface area contributed by atoms with Crippen LogP contribution in [0.15, 0.2) is 60.7 Å². The number of aryl methyl sites for hydroxylation is 1. The van der Waals surface area contributed by atoms with Crippen molar-refractivity contribution in [2.75, 3.05) is 0 Å². The van der Waals surface area contributed by atoms with Gasteiger partial charge in [-0.2, -0.15) is 0 Å². The first-order chi connectivity index (χ1) is 12.5. The van der Waals surface area contributed by atoms with Gasteiger partial charge in [0.15, 0.2) is 5.78 Å². The summed E-state index contributed by atoms with van der Waals surface area (Å²) >= 11 is 0. The molecule has 3 rings (SSSR count). The zero-order valence-electron chi connectivity index (χ0n) is 14.6. The van der Waals surface area contributed by atoms with Crippen molar-refractivity contribution in [3.8, 4) is 5.75 Å². The lowest BCUT2D eigenvalue weighted by Crippen LogP contribution is -2.25. The van der Waals surface area contributed by atoms with Crippen LogP contribution in [0.2, 0.25) is 5.82 Å². The normalized spacial score (nSPS) is 12.1. The smallest absolute Gasteiger partial charge is 0.455 e. The lowest BCUT2D eigenvalue weighted by molar-refractivity contribution is 0.0977. The summed E-state index contributed by atoms with van der Waals surface area (Å²) < 4.78 is 0. The number of phenolic OH excluding ortho intramolecular Hbond substituents is 1. The summed E-state index contributed by atoms with van der Waals surface area (Å²) in [6.45, 7) is 1.78. The SMILES string of the molecule is Cc1cccc(CC(CC(=O)c2cccc3ccccc23)B(O)O)c1O. The third kappa shape index (κ3) is 3.79. The van der Waals surface area contributed by atoms with Crippen LogP contribution in [0.1, 0.15) is 27.9 Å². The highest BCUT2D eigenvalue weighted by Crippen LogP contribution is 2.30. The molecule has 1 unspecified atom stereocenters. The molecule has 1 atom stereocenters. The van der Waals surface area contributed by atoms with E-state index in [0.29, 0.717) is 16.7 Å². The molecule has 0 bridgehead atoms. The molecule has 3 aromatic rings. The number of para-hydroxylation sites is 1. The summed E-state index contributed by atoms with van der Waals surface area (Å²) in [5.41, 5.74) is 1.89. The number of hydrogen-bond donors (Lipinski definition) is 3. The minimum atomic E-state index is -1.64. The van der Waals surface area contributed by atoms with Gasteiger partial charge in [0.1, 0.15) is 5.75 Å². The molecule has 26 heavy (non-hydrogen) atoms. The number of fused-ring (bicyclic) bond motifs is 1. The van der Waals surface area contributed by atoms with Gasteiger partial charge in [0.25, 0.3) is 0 Å². The molecule has 0 fully saturated rings. The van der Waals surface area contributed by atoms with Crippen molar-refractivity contribution in [1.82, 2.24) is 0 Å². The van der Waals surface area contributed by atoms with Gasteiger partial charge in [0.05, 0.1) is 0 Å². The number of hydrogen-bond acceptors (Lipinski definition) is 4. The van der Waals surface area contributed by atoms with Gasteiger partial charge in [-0.15, -0.1) is 0 Å². The molecule has 0 aromatic heterocycles. The largest absolute Gasteiger partial charge is 0.507 e. The van der Waals surface area contributed by atoms with Crippen LogP contribution in [0.5, 0.6) is 5.75 Å². The van der Waals surface area contributed by atoms with Crippen LogP contribution in [-0.4, -0.2) is 28.1 Å². The van der Waals surface area contributed by atoms with Crippen LogP contribution in [0.3, 0.4) is 0 Å². The molecule has 0 aliphatic heterocycles. The van der Waals surface area contributed by atoms with E-state index in [-0.39, 0.29) is 24.4 Å². The molecule has 0 saturated carbocycles. The summed E-state index contributed by atoms with van der Waals surface area (Å²) in [6.07, 6.45) is 0.195. The number of ketones is 1. The van der Waals surface area contributed by atoms with Crippen molar-refractivity contribution in [1.29, 1.82) is 0 Å². The van der Waals surface area contributed by atoms with Gasteiger partial charge in [0, 0.05) is 17.8 Å². The van der Waals surface area contributed by atoms with Crippen LogP contribution in [-0.2, 0) is 6.42 Å². The fourth-order valence-corrected chi connectivity index (χ4v) is 3.27. The maximum absolute atomic E-state index is 12.8. The van der Waals surface area contributed by atoms with Crippen LogP contribution in [0, 0.1) is 6.92 Å². The fourth-order valence-electron chi connectivity index (χ4n) is 3.27. The Bertz CT molecular complexity index is 931. The fraction of sp³-hybridized carbons (Fsp3) is 0.190. The van der Waals surface area contributed by atoms with Gasteiger partial charge in [-0.3, -0.25) is 4.79 Å². The first kappa shape index (κ1) is 18.2. The number of Topliss-reactive ketones (excluding diaryl/α,β-unsaturated/α-hetero) is 1. The Labute approximate surface area is 152 Å². The molecule has 0 aliphatic rings. The van der Waals surface area contributed by atoms with Gasteiger partial charge < -0.3 is 15.2 Å². The van der Waals surface area contributed by atoms with Crippen molar-refractivity contribution in [2.24, 2.45) is 0 Å². The molecule has 0 spiro atoms. The minimum absolute atomic E-state index is 0.0148. The van der Waals surface area contributed by atoms with E-state index < -0.39 is 12.9 Å². The van der Waals surface area contributed by atoms with Crippen molar-refractivity contribution in [3.63, 3.8) is 0 Å². The Morgan fingerprint density at radius 1 is 1.00 bits per heavy atom. The lowest BCUT2D eigenvalue weighted by atomic mass is 9.66. The van der Waals surface area contributed by atoms with Gasteiger partial charge in [-0.1, -0.05) is 60.7 Å². The summed E-state index contributed by atoms with van der Waals surface area (Å²) in [5, 5.41) is 31.5. The molecule has 5 heteroatoms. The first-order valence-corrected chi connectivity index (χ1v) is 8.62. The van der Waals surface area contributed by atoms with E-state index in [2.05, 4.69) is 0 Å². The van der Waals surface area contributed by atoms with E-state index in [0.717, 1.165) is 10.8 Å². The third-order valence-electron chi connectivity index (χ3n) is 4.76. The molecule has 0 saturated heterocycles. The molecule has 4 nitrogen and oxygen atoms in total. The van der Waals surface area contributed by atoms with Crippen LogP contribution in [0.4, 0.5) is 0 Å². The van der Waals surface area contributed by atoms with Gasteiger partial charge in [-0.25, -0.2) is 0 Å². The second-order valence-corrected chi connectivity index (χ2v) is 6.61. The Morgan fingerprint density at radius 2 is 1.69 bits per heavy atom. The number of phenols is 1. The standard InChI is InChI=1S/C21H21BO4/c1-14-6-4-9-16(21(14)24)12-17(22(25)26)13-20(23)19-11-5-8-15-7-2-3-10-18(15)19/h2-11,17,24-26H,12-13H2,1H3. The Balaban J connectivity index is 1.86. The Hall–Kier alpha value is -2.63. The Morgan fingerprint density at radius 3 is 2.46 bits per heavy atom. The molecule has 0 aliphatic carbocycles. The molecule has 0 heterocycles. The molecule has 0 radical (unpaired) electrons. The molecule has 3 N–H and O–H groups in total. The van der Waals surface area contributed by atoms with Gasteiger partial charge in [0.2, 0.25) is 0 Å². The van der Waals surface area contributed by atoms with Gasteiger partial charge in [-0.05, 0) is 35.2 Å². The van der Waals surface area contributed by atoms with Crippen LogP contribution >= 0.6 is 0 Å². The minimum Gasteiger partial charge on any atom is -0.507 e. The van der Waals surface area contributed by atoms with E-state index in [1.54, 1.807) is 31.2 Å². The topological polar surface area (TPSA) is 77.8 Å². The summed E-state index contributed by atoms with van der Waals surface area (Å²) in [4.78, 5) is 12.8. The highest BCUT2D eigenvalue weighted by Gasteiger charge is 2.28. The average Bonchev–Trinajstić information content (AvgIpc) is 2.64. The zero-order valence-corrected chi connectivity index (χ0v) is 14.6. The van der Waals surface area contributed by atoms with Crippen molar-refractivity contribution < 1.29 is 19.9 Å². The van der Waals surface area contributed by atoms with E-state index >= 15 is 0 Å². The molecule has 0 amide bonds. The monoisotopic (exact) mass is 348 g/mol. The summed E-state index contributed by atoms with van der Waals surface area (Å²) in [7, 11) is -1.64. The van der Waals surface area contributed by atoms with E-state index in [1.807, 2.05) is 36.4 Å². The van der Waals surface area contributed by atoms with E-state index in [9.17, 15) is 19.9 Å². The third-order valence-corrected chi connectivity index (χ3v) is 4.76. The molecular weight excluding hydrogens is 327 g/mol. The second kappa shape index (κ2) is 7.73. The maximum atomic E-state index is 12.8. The van der Waals surface area contributed by atoms with Crippen LogP contribution < -0.4 is 0 Å². The number of carbonyl (C=O) groups excluding carboxylic acids is 1. The van der Waals surface area contributed by atoms with E-state index in [1.165, 1.54) is 0 Å². The second-order valence-electron chi connectivity index (χ2n) is 6.61. The number of benzene rings is 3. The highest BCUT2D eigenvalue weighted by atomic mass is 16.4. The summed E-state index contributed by atoms with van der Waals surface area (Å²) in [5.74, 6) is -0.711. The van der Waals surface area contributed by atoms with Crippen LogP contribution in [0.25, 0.3) is 10.8 Å². The average molecular weight is 348 g/mol. The maximum Gasteiger partial charge on any atom is 0.455 e. The summed E-state index contributed by atoms with van der Waals surface area (Å²) in [6, 6.07) is 18.5. The molecular formula is C21H21BO4. The zero-order chi connectivity index (χ0) is 18.7. The predicted molar refractivity (Wildman–Crippen MR) is 103 cm³/mol. The highest BCUT2D eigenvalue weighted by molar-refractivity contribution is 6.44. The van der Waals surface area contributed by atoms with Crippen molar-refractivity contribution >= 4 is 23.7 Å². The van der Waals surface area contributed by atoms with Gasteiger partial charge >= 0.3 is 7.12 Å². The quantitative estimate of drug-likeness (QED) is 0.471. The lowest BCUT2D eigenvalue weighted by Gasteiger charge is -2.17. The molecule has 132 valence electrons. The number of aromatic hydroxyl groups is 1. The first-order valence-electron chi connectivity index (χ1n) is 8.62. The van der Waals surface area contributed by atoms with Crippen molar-refractivity contribution in [3.05, 3.63) is 77.4 Å². The Kier molecular flexibility index (Phi) is 5.40. The van der Waals surface area contributed by atoms with E-state index in [4.69, 9.17) is 0 Å².